The molecule has 2 aromatic carbocycles. The van der Waals surface area contributed by atoms with E-state index in [0.717, 1.165) is 22.0 Å². The van der Waals surface area contributed by atoms with E-state index in [0.29, 0.717) is 45.6 Å². The Morgan fingerprint density at radius 3 is 2.21 bits per heavy atom. The molecule has 3 aliphatic rings. The van der Waals surface area contributed by atoms with Crippen molar-refractivity contribution in [2.24, 2.45) is 11.8 Å². The number of rotatable bonds is 4. The highest BCUT2D eigenvalue weighted by atomic mass is 79.9. The lowest BCUT2D eigenvalue weighted by Gasteiger charge is -2.46. The fourth-order valence-electron chi connectivity index (χ4n) is 5.60. The van der Waals surface area contributed by atoms with Crippen molar-refractivity contribution in [3.05, 3.63) is 70.2 Å². The van der Waals surface area contributed by atoms with Crippen molar-refractivity contribution < 1.29 is 14.4 Å². The molecule has 3 aliphatic heterocycles. The second-order valence-corrected chi connectivity index (χ2v) is 10.3. The molecule has 0 N–H and O–H groups in total. The van der Waals surface area contributed by atoms with Gasteiger partial charge in [-0.05, 0) is 48.4 Å². The van der Waals surface area contributed by atoms with Crippen LogP contribution in [0, 0.1) is 11.8 Å². The van der Waals surface area contributed by atoms with Gasteiger partial charge in [0.15, 0.2) is 0 Å². The molecule has 5 rings (SSSR count). The predicted octanol–water partition coefficient (Wildman–Crippen LogP) is 3.56. The van der Waals surface area contributed by atoms with Gasteiger partial charge >= 0.3 is 0 Å². The smallest absolute Gasteiger partial charge is 0.253 e. The normalized spacial score (nSPS) is 24.8. The van der Waals surface area contributed by atoms with E-state index in [9.17, 15) is 14.4 Å². The highest BCUT2D eigenvalue weighted by molar-refractivity contribution is 9.10. The molecule has 6 nitrogen and oxygen atoms in total. The molecule has 3 heterocycles. The summed E-state index contributed by atoms with van der Waals surface area (Å²) in [6.07, 6.45) is 2.04. The molecule has 0 aromatic heterocycles. The molecule has 2 aromatic rings. The van der Waals surface area contributed by atoms with Gasteiger partial charge in [0.1, 0.15) is 6.04 Å². The van der Waals surface area contributed by atoms with Gasteiger partial charge in [-0.3, -0.25) is 14.4 Å². The average Bonchev–Trinajstić information content (AvgIpc) is 3.19. The maximum atomic E-state index is 13.5. The number of fused-ring (bicyclic) bond motifs is 2. The molecule has 3 atom stereocenters. The molecule has 0 saturated carbocycles. The molecule has 7 heteroatoms. The number of carbonyl (C=O) groups is 3. The number of likely N-dealkylation sites (tertiary alicyclic amines) is 3. The molecule has 2 bridgehead atoms. The Morgan fingerprint density at radius 1 is 0.879 bits per heavy atom. The number of benzene rings is 2. The van der Waals surface area contributed by atoms with Crippen LogP contribution in [0.1, 0.15) is 35.2 Å². The zero-order valence-corrected chi connectivity index (χ0v) is 20.1. The van der Waals surface area contributed by atoms with Crippen molar-refractivity contribution >= 4 is 33.7 Å². The van der Waals surface area contributed by atoms with E-state index >= 15 is 0 Å². The van der Waals surface area contributed by atoms with E-state index in [1.807, 2.05) is 64.4 Å². The largest absolute Gasteiger partial charge is 0.340 e. The standard InChI is InChI=1S/C26H28BrN3O3/c27-22-9-5-4-8-21(22)17-30-23(10-11-24(30)31)26(33)29-15-18-12-19(16-29)14-28(13-18)25(32)20-6-2-1-3-7-20/h1-9,18-19,23H,10-17H2. The van der Waals surface area contributed by atoms with Crippen LogP contribution in [0.4, 0.5) is 0 Å². The number of hydrogen-bond donors (Lipinski definition) is 0. The maximum absolute atomic E-state index is 13.5. The molecule has 172 valence electrons. The lowest BCUT2D eigenvalue weighted by atomic mass is 9.84. The topological polar surface area (TPSA) is 60.9 Å². The minimum Gasteiger partial charge on any atom is -0.340 e. The third-order valence-corrected chi connectivity index (χ3v) is 7.89. The van der Waals surface area contributed by atoms with E-state index in [2.05, 4.69) is 15.9 Å². The summed E-state index contributed by atoms with van der Waals surface area (Å²) in [4.78, 5) is 44.8. The van der Waals surface area contributed by atoms with Gasteiger partial charge in [-0.15, -0.1) is 0 Å². The van der Waals surface area contributed by atoms with E-state index in [4.69, 9.17) is 0 Å². The monoisotopic (exact) mass is 509 g/mol. The summed E-state index contributed by atoms with van der Waals surface area (Å²) < 4.78 is 0.951. The van der Waals surface area contributed by atoms with Crippen molar-refractivity contribution in [3.8, 4) is 0 Å². The second-order valence-electron chi connectivity index (χ2n) is 9.45. The number of amides is 3. The Hall–Kier alpha value is -2.67. The molecule has 3 saturated heterocycles. The number of hydrogen-bond acceptors (Lipinski definition) is 3. The van der Waals surface area contributed by atoms with Gasteiger partial charge < -0.3 is 14.7 Å². The van der Waals surface area contributed by atoms with Crippen molar-refractivity contribution in [1.82, 2.24) is 14.7 Å². The Kier molecular flexibility index (Phi) is 6.23. The van der Waals surface area contributed by atoms with Crippen LogP contribution in [0.5, 0.6) is 0 Å². The zero-order valence-electron chi connectivity index (χ0n) is 18.5. The molecular formula is C26H28BrN3O3. The van der Waals surface area contributed by atoms with Crippen LogP contribution in [0.15, 0.2) is 59.1 Å². The van der Waals surface area contributed by atoms with Crippen LogP contribution in [0.2, 0.25) is 0 Å². The van der Waals surface area contributed by atoms with Gasteiger partial charge in [0.25, 0.3) is 5.91 Å². The van der Waals surface area contributed by atoms with Crippen LogP contribution >= 0.6 is 15.9 Å². The molecule has 0 spiro atoms. The summed E-state index contributed by atoms with van der Waals surface area (Å²) in [5, 5.41) is 0. The highest BCUT2D eigenvalue weighted by Crippen LogP contribution is 2.32. The lowest BCUT2D eigenvalue weighted by molar-refractivity contribution is -0.144. The van der Waals surface area contributed by atoms with Crippen LogP contribution in [0.3, 0.4) is 0 Å². The fraction of sp³-hybridized carbons (Fsp3) is 0.423. The Morgan fingerprint density at radius 2 is 1.52 bits per heavy atom. The van der Waals surface area contributed by atoms with Gasteiger partial charge in [-0.1, -0.05) is 52.3 Å². The van der Waals surface area contributed by atoms with Gasteiger partial charge in [-0.2, -0.15) is 0 Å². The first-order valence-electron chi connectivity index (χ1n) is 11.7. The van der Waals surface area contributed by atoms with Crippen molar-refractivity contribution in [2.45, 2.75) is 31.8 Å². The molecule has 3 fully saturated rings. The average molecular weight is 510 g/mol. The van der Waals surface area contributed by atoms with E-state index in [1.165, 1.54) is 0 Å². The van der Waals surface area contributed by atoms with E-state index < -0.39 is 6.04 Å². The Balaban J connectivity index is 1.25. The number of nitrogens with zero attached hydrogens (tertiary/aromatic N) is 3. The van der Waals surface area contributed by atoms with Gasteiger partial charge in [0.05, 0.1) is 0 Å². The van der Waals surface area contributed by atoms with Gasteiger partial charge in [0, 0.05) is 49.2 Å². The first kappa shape index (κ1) is 22.1. The number of halogens is 1. The summed E-state index contributed by atoms with van der Waals surface area (Å²) in [6.45, 7) is 3.11. The minimum atomic E-state index is -0.398. The van der Waals surface area contributed by atoms with E-state index in [1.54, 1.807) is 4.90 Å². The first-order valence-corrected chi connectivity index (χ1v) is 12.4. The van der Waals surface area contributed by atoms with Crippen LogP contribution in [-0.4, -0.2) is 64.6 Å². The first-order chi connectivity index (χ1) is 16.0. The summed E-state index contributed by atoms with van der Waals surface area (Å²) in [7, 11) is 0. The summed E-state index contributed by atoms with van der Waals surface area (Å²) in [5.41, 5.74) is 1.73. The van der Waals surface area contributed by atoms with Gasteiger partial charge in [-0.25, -0.2) is 0 Å². The second kappa shape index (κ2) is 9.29. The van der Waals surface area contributed by atoms with Crippen LogP contribution in [-0.2, 0) is 16.1 Å². The molecule has 3 amide bonds. The highest BCUT2D eigenvalue weighted by Gasteiger charge is 2.43. The zero-order chi connectivity index (χ0) is 22.9. The van der Waals surface area contributed by atoms with Crippen molar-refractivity contribution in [2.75, 3.05) is 26.2 Å². The third kappa shape index (κ3) is 4.56. The van der Waals surface area contributed by atoms with E-state index in [-0.39, 0.29) is 29.6 Å². The summed E-state index contributed by atoms with van der Waals surface area (Å²) in [6, 6.07) is 16.9. The van der Waals surface area contributed by atoms with Crippen LogP contribution in [0.25, 0.3) is 0 Å². The fourth-order valence-corrected chi connectivity index (χ4v) is 6.01. The summed E-state index contributed by atoms with van der Waals surface area (Å²) in [5.74, 6) is 0.739. The summed E-state index contributed by atoms with van der Waals surface area (Å²) >= 11 is 3.56. The van der Waals surface area contributed by atoms with Crippen LogP contribution < -0.4 is 0 Å². The SMILES string of the molecule is O=C(c1ccccc1)N1CC2CC(C1)CN(C(=O)C1CCC(=O)N1Cc1ccccc1Br)C2. The third-order valence-electron chi connectivity index (χ3n) is 7.11. The number of carbonyl (C=O) groups excluding carboxylic acids is 3. The molecule has 3 unspecified atom stereocenters. The quantitative estimate of drug-likeness (QED) is 0.632. The molecule has 33 heavy (non-hydrogen) atoms. The predicted molar refractivity (Wildman–Crippen MR) is 128 cm³/mol. The Bertz CT molecular complexity index is 1050. The maximum Gasteiger partial charge on any atom is 0.253 e. The Labute approximate surface area is 202 Å². The molecule has 0 radical (unpaired) electrons. The van der Waals surface area contributed by atoms with Gasteiger partial charge in [0.2, 0.25) is 11.8 Å². The minimum absolute atomic E-state index is 0.0425. The number of piperidine rings is 2. The van der Waals surface area contributed by atoms with Crippen molar-refractivity contribution in [1.29, 1.82) is 0 Å². The lowest BCUT2D eigenvalue weighted by Crippen LogP contribution is -2.58. The molecular weight excluding hydrogens is 482 g/mol. The molecule has 0 aliphatic carbocycles. The van der Waals surface area contributed by atoms with Crippen molar-refractivity contribution in [3.63, 3.8) is 0 Å².